The second kappa shape index (κ2) is 12.7. The van der Waals surface area contributed by atoms with Gasteiger partial charge in [-0.2, -0.15) is 0 Å². The normalized spacial score (nSPS) is 15.6. The molecule has 2 aromatic rings. The number of aliphatic hydroxyl groups excluding tert-OH is 1. The van der Waals surface area contributed by atoms with Crippen molar-refractivity contribution in [2.24, 2.45) is 0 Å². The number of carbonyl (C=O) groups is 1. The van der Waals surface area contributed by atoms with Crippen molar-refractivity contribution in [3.05, 3.63) is 64.9 Å². The number of hydrogen-bond acceptors (Lipinski definition) is 3. The number of benzene rings is 1. The van der Waals surface area contributed by atoms with Crippen molar-refractivity contribution in [3.63, 3.8) is 0 Å². The topological polar surface area (TPSA) is 59.6 Å². The number of hydrogen-bond donors (Lipinski definition) is 2. The molecule has 1 aromatic carbocycles. The molecule has 0 radical (unpaired) electrons. The zero-order valence-corrected chi connectivity index (χ0v) is 24.0. The molecule has 1 amide bonds. The van der Waals surface area contributed by atoms with Gasteiger partial charge in [0.2, 0.25) is 5.91 Å². The van der Waals surface area contributed by atoms with Crippen LogP contribution in [-0.2, 0) is 4.79 Å². The average Bonchev–Trinajstić information content (AvgIpc) is 3.21. The van der Waals surface area contributed by atoms with E-state index in [1.165, 1.54) is 38.9 Å². The first-order chi connectivity index (χ1) is 17.5. The summed E-state index contributed by atoms with van der Waals surface area (Å²) in [6.07, 6.45) is 6.51. The highest BCUT2D eigenvalue weighted by Crippen LogP contribution is 2.37. The summed E-state index contributed by atoms with van der Waals surface area (Å²) in [5, 5.41) is 10.6. The van der Waals surface area contributed by atoms with Crippen LogP contribution in [0.1, 0.15) is 90.0 Å². The lowest BCUT2D eigenvalue weighted by atomic mass is 9.87. The van der Waals surface area contributed by atoms with Crippen molar-refractivity contribution in [3.8, 4) is 0 Å². The Labute approximate surface area is 223 Å². The second-order valence-corrected chi connectivity index (χ2v) is 11.5. The highest BCUT2D eigenvalue weighted by atomic mass is 16.3. The monoisotopic (exact) mass is 505 g/mol. The molecule has 1 aromatic heterocycles. The van der Waals surface area contributed by atoms with Crippen LogP contribution < -0.4 is 0 Å². The van der Waals surface area contributed by atoms with E-state index in [2.05, 4.69) is 74.5 Å². The Balaban J connectivity index is 1.82. The van der Waals surface area contributed by atoms with Gasteiger partial charge in [-0.3, -0.25) is 9.69 Å². The van der Waals surface area contributed by atoms with Crippen LogP contribution in [0.5, 0.6) is 0 Å². The fourth-order valence-electron chi connectivity index (χ4n) is 5.56. The lowest BCUT2D eigenvalue weighted by Crippen LogP contribution is -2.46. The molecule has 1 saturated heterocycles. The second-order valence-electron chi connectivity index (χ2n) is 11.5. The van der Waals surface area contributed by atoms with Crippen LogP contribution in [0.4, 0.5) is 0 Å². The molecular weight excluding hydrogens is 458 g/mol. The smallest absolute Gasteiger partial charge is 0.237 e. The van der Waals surface area contributed by atoms with E-state index in [1.807, 2.05) is 20.8 Å². The Morgan fingerprint density at radius 2 is 1.84 bits per heavy atom. The van der Waals surface area contributed by atoms with Crippen molar-refractivity contribution in [1.82, 2.24) is 14.8 Å². The molecule has 5 heteroatoms. The lowest BCUT2D eigenvalue weighted by Gasteiger charge is -2.34. The predicted octanol–water partition coefficient (Wildman–Crippen LogP) is 6.63. The van der Waals surface area contributed by atoms with Crippen LogP contribution >= 0.6 is 0 Å². The van der Waals surface area contributed by atoms with Gasteiger partial charge >= 0.3 is 0 Å². The number of nitrogens with one attached hydrogen (secondary N) is 1. The molecular formula is C32H47N3O2. The first kappa shape index (κ1) is 28.9. The Bertz CT molecular complexity index is 1160. The third kappa shape index (κ3) is 7.24. The Kier molecular flexibility index (Phi) is 9.97. The van der Waals surface area contributed by atoms with E-state index in [4.69, 9.17) is 0 Å². The fraction of sp³-hybridized carbons (Fsp3) is 0.531. The van der Waals surface area contributed by atoms with Crippen LogP contribution in [0.25, 0.3) is 16.5 Å². The lowest BCUT2D eigenvalue weighted by molar-refractivity contribution is -0.135. The van der Waals surface area contributed by atoms with E-state index in [0.29, 0.717) is 24.9 Å². The zero-order valence-electron chi connectivity index (χ0n) is 24.0. The van der Waals surface area contributed by atoms with Gasteiger partial charge < -0.3 is 15.0 Å². The SMILES string of the molecule is C=C(C)/C=C(\C=C(C)C)c1[nH]c2ccc(C3CCN(CC(=O)N(CCO)C(C)C)CC3)cc2c1C(C)C. The summed E-state index contributed by atoms with van der Waals surface area (Å²) in [7, 11) is 0. The summed E-state index contributed by atoms with van der Waals surface area (Å²) < 4.78 is 0. The Morgan fingerprint density at radius 3 is 2.38 bits per heavy atom. The van der Waals surface area contributed by atoms with Crippen LogP contribution in [0, 0.1) is 0 Å². The average molecular weight is 506 g/mol. The maximum absolute atomic E-state index is 12.8. The molecule has 2 N–H and O–H groups in total. The minimum Gasteiger partial charge on any atom is -0.395 e. The number of fused-ring (bicyclic) bond motifs is 1. The van der Waals surface area contributed by atoms with Gasteiger partial charge in [0.15, 0.2) is 0 Å². The Hall–Kier alpha value is -2.63. The summed E-state index contributed by atoms with van der Waals surface area (Å²) in [6, 6.07) is 7.03. The standard InChI is InChI=1S/C32H47N3O2/c1-21(2)17-27(18-22(3)4)32-31(23(5)6)28-19-26(9-10-29(28)33-32)25-11-13-34(14-12-25)20-30(37)35(15-16-36)24(7)8/h9-10,17-19,23-25,33,36H,1,11-16,20H2,2-8H3/b27-17+. The predicted molar refractivity (Wildman–Crippen MR) is 157 cm³/mol. The zero-order chi connectivity index (χ0) is 27.3. The summed E-state index contributed by atoms with van der Waals surface area (Å²) in [5.74, 6) is 0.991. The highest BCUT2D eigenvalue weighted by molar-refractivity contribution is 5.92. The maximum atomic E-state index is 12.8. The number of aromatic amines is 1. The van der Waals surface area contributed by atoms with Crippen LogP contribution in [-0.4, -0.2) is 64.6 Å². The summed E-state index contributed by atoms with van der Waals surface area (Å²) in [6.45, 7) is 21.7. The van der Waals surface area contributed by atoms with Gasteiger partial charge in [0.05, 0.1) is 13.2 Å². The number of aromatic nitrogens is 1. The molecule has 1 fully saturated rings. The molecule has 0 aliphatic carbocycles. The number of piperidine rings is 1. The van der Waals surface area contributed by atoms with Gasteiger partial charge in [-0.1, -0.05) is 49.8 Å². The Morgan fingerprint density at radius 1 is 1.16 bits per heavy atom. The fourth-order valence-corrected chi connectivity index (χ4v) is 5.56. The summed E-state index contributed by atoms with van der Waals surface area (Å²) in [5.41, 5.74) is 8.61. The van der Waals surface area contributed by atoms with Gasteiger partial charge in [-0.05, 0) is 101 Å². The van der Waals surface area contributed by atoms with E-state index >= 15 is 0 Å². The largest absolute Gasteiger partial charge is 0.395 e. The number of carbonyl (C=O) groups excluding carboxylic acids is 1. The molecule has 0 atom stereocenters. The van der Waals surface area contributed by atoms with E-state index in [-0.39, 0.29) is 18.6 Å². The van der Waals surface area contributed by atoms with Crippen molar-refractivity contribution in [2.75, 3.05) is 32.8 Å². The van der Waals surface area contributed by atoms with Crippen molar-refractivity contribution >= 4 is 22.4 Å². The molecule has 3 rings (SSSR count). The number of allylic oxidation sites excluding steroid dienone is 5. The number of amides is 1. The van der Waals surface area contributed by atoms with E-state index in [1.54, 1.807) is 4.90 Å². The van der Waals surface area contributed by atoms with Gasteiger partial charge in [0.1, 0.15) is 0 Å². The van der Waals surface area contributed by atoms with Crippen LogP contribution in [0.2, 0.25) is 0 Å². The van der Waals surface area contributed by atoms with Crippen molar-refractivity contribution in [2.45, 2.75) is 79.2 Å². The molecule has 37 heavy (non-hydrogen) atoms. The first-order valence-corrected chi connectivity index (χ1v) is 13.8. The van der Waals surface area contributed by atoms with Crippen molar-refractivity contribution < 1.29 is 9.90 Å². The molecule has 1 aliphatic heterocycles. The van der Waals surface area contributed by atoms with E-state index in [9.17, 15) is 9.90 Å². The molecule has 0 unspecified atom stereocenters. The van der Waals surface area contributed by atoms with Crippen molar-refractivity contribution in [1.29, 1.82) is 0 Å². The quantitative estimate of drug-likeness (QED) is 0.357. The third-order valence-corrected chi connectivity index (χ3v) is 7.28. The molecule has 2 heterocycles. The molecule has 0 bridgehead atoms. The van der Waals surface area contributed by atoms with Gasteiger partial charge in [-0.25, -0.2) is 0 Å². The number of aliphatic hydroxyl groups is 1. The minimum atomic E-state index is 0.00647. The van der Waals surface area contributed by atoms with Gasteiger partial charge in [0.25, 0.3) is 0 Å². The number of likely N-dealkylation sites (tertiary alicyclic amines) is 1. The van der Waals surface area contributed by atoms with E-state index < -0.39 is 0 Å². The first-order valence-electron chi connectivity index (χ1n) is 13.8. The summed E-state index contributed by atoms with van der Waals surface area (Å²) >= 11 is 0. The molecule has 5 nitrogen and oxygen atoms in total. The van der Waals surface area contributed by atoms with Crippen LogP contribution in [0.3, 0.4) is 0 Å². The molecule has 0 spiro atoms. The highest BCUT2D eigenvalue weighted by Gasteiger charge is 2.26. The van der Waals surface area contributed by atoms with Gasteiger partial charge in [-0.15, -0.1) is 0 Å². The summed E-state index contributed by atoms with van der Waals surface area (Å²) in [4.78, 5) is 20.6. The van der Waals surface area contributed by atoms with Crippen LogP contribution in [0.15, 0.2) is 48.1 Å². The maximum Gasteiger partial charge on any atom is 0.237 e. The third-order valence-electron chi connectivity index (χ3n) is 7.28. The van der Waals surface area contributed by atoms with Gasteiger partial charge in [0, 0.05) is 29.2 Å². The van der Waals surface area contributed by atoms with E-state index in [0.717, 1.165) is 31.5 Å². The molecule has 202 valence electrons. The number of rotatable bonds is 10. The number of H-pyrrole nitrogens is 1. The molecule has 1 aliphatic rings. The minimum absolute atomic E-state index is 0.00647. The number of nitrogens with zero attached hydrogens (tertiary/aromatic N) is 2. The molecule has 0 saturated carbocycles.